The molecule has 1 aromatic rings. The third kappa shape index (κ3) is 2.90. The molecule has 1 fully saturated rings. The Morgan fingerprint density at radius 1 is 1.44 bits per heavy atom. The van der Waals surface area contributed by atoms with Crippen LogP contribution in [0.4, 0.5) is 14.5 Å². The number of ether oxygens (including phenoxy) is 1. The Labute approximate surface area is 92.8 Å². The predicted octanol–water partition coefficient (Wildman–Crippen LogP) is 1.37. The molecule has 0 radical (unpaired) electrons. The van der Waals surface area contributed by atoms with E-state index in [1.165, 1.54) is 12.1 Å². The van der Waals surface area contributed by atoms with E-state index in [0.717, 1.165) is 19.2 Å². The van der Waals surface area contributed by atoms with Gasteiger partial charge in [0, 0.05) is 25.7 Å². The summed E-state index contributed by atoms with van der Waals surface area (Å²) in [6.45, 7) is 2.77. The van der Waals surface area contributed by atoms with Gasteiger partial charge in [0.1, 0.15) is 11.6 Å². The molecule has 3 nitrogen and oxygen atoms in total. The van der Waals surface area contributed by atoms with Gasteiger partial charge >= 0.3 is 0 Å². The van der Waals surface area contributed by atoms with Crippen LogP contribution in [0.2, 0.25) is 0 Å². The molecular formula is C11H14F2N2O. The summed E-state index contributed by atoms with van der Waals surface area (Å²) in [7, 11) is 0. The van der Waals surface area contributed by atoms with E-state index in [0.29, 0.717) is 18.8 Å². The fourth-order valence-electron chi connectivity index (χ4n) is 1.61. The highest BCUT2D eigenvalue weighted by Crippen LogP contribution is 2.15. The lowest BCUT2D eigenvalue weighted by atomic mass is 10.2. The first-order valence-electron chi connectivity index (χ1n) is 5.27. The van der Waals surface area contributed by atoms with Gasteiger partial charge < -0.3 is 15.4 Å². The van der Waals surface area contributed by atoms with Crippen molar-refractivity contribution in [3.8, 4) is 0 Å². The standard InChI is InChI=1S/C11H14F2N2O/c12-8-1-2-11(10(13)5-8)15-7-9-6-14-3-4-16-9/h1-2,5,9,14-15H,3-4,6-7H2. The summed E-state index contributed by atoms with van der Waals surface area (Å²) < 4.78 is 31.3. The first-order chi connectivity index (χ1) is 7.75. The summed E-state index contributed by atoms with van der Waals surface area (Å²) in [4.78, 5) is 0. The topological polar surface area (TPSA) is 33.3 Å². The van der Waals surface area contributed by atoms with Crippen molar-refractivity contribution in [3.63, 3.8) is 0 Å². The van der Waals surface area contributed by atoms with Crippen LogP contribution in [-0.2, 0) is 4.74 Å². The Balaban J connectivity index is 1.88. The van der Waals surface area contributed by atoms with Crippen LogP contribution in [0, 0.1) is 11.6 Å². The normalized spacial score (nSPS) is 20.8. The summed E-state index contributed by atoms with van der Waals surface area (Å²) in [5, 5.41) is 6.08. The maximum Gasteiger partial charge on any atom is 0.149 e. The lowest BCUT2D eigenvalue weighted by molar-refractivity contribution is 0.0372. The van der Waals surface area contributed by atoms with Gasteiger partial charge in [-0.3, -0.25) is 0 Å². The average Bonchev–Trinajstić information content (AvgIpc) is 2.29. The minimum absolute atomic E-state index is 0.0261. The molecule has 88 valence electrons. The molecule has 1 aliphatic heterocycles. The van der Waals surface area contributed by atoms with E-state index in [1.807, 2.05) is 0 Å². The van der Waals surface area contributed by atoms with Crippen molar-refractivity contribution in [3.05, 3.63) is 29.8 Å². The lowest BCUT2D eigenvalue weighted by Gasteiger charge is -2.24. The highest BCUT2D eigenvalue weighted by molar-refractivity contribution is 5.44. The second-order valence-electron chi connectivity index (χ2n) is 3.70. The molecule has 1 saturated heterocycles. The second kappa shape index (κ2) is 5.23. The van der Waals surface area contributed by atoms with E-state index in [1.54, 1.807) is 0 Å². The molecule has 0 aliphatic carbocycles. The number of rotatable bonds is 3. The highest BCUT2D eigenvalue weighted by atomic mass is 19.1. The van der Waals surface area contributed by atoms with Crippen molar-refractivity contribution < 1.29 is 13.5 Å². The quantitative estimate of drug-likeness (QED) is 0.819. The van der Waals surface area contributed by atoms with Crippen LogP contribution in [0.25, 0.3) is 0 Å². The number of hydrogen-bond acceptors (Lipinski definition) is 3. The molecular weight excluding hydrogens is 214 g/mol. The summed E-state index contributed by atoms with van der Waals surface area (Å²) in [5.41, 5.74) is 0.301. The fourth-order valence-corrected chi connectivity index (χ4v) is 1.61. The van der Waals surface area contributed by atoms with E-state index in [-0.39, 0.29) is 6.10 Å². The molecule has 1 atom stereocenters. The van der Waals surface area contributed by atoms with Gasteiger partial charge in [0.15, 0.2) is 0 Å². The average molecular weight is 228 g/mol. The fraction of sp³-hybridized carbons (Fsp3) is 0.455. The zero-order valence-corrected chi connectivity index (χ0v) is 8.80. The number of morpholine rings is 1. The predicted molar refractivity (Wildman–Crippen MR) is 57.5 cm³/mol. The summed E-state index contributed by atoms with van der Waals surface area (Å²) in [6, 6.07) is 3.48. The van der Waals surface area contributed by atoms with Crippen molar-refractivity contribution >= 4 is 5.69 Å². The third-order valence-electron chi connectivity index (χ3n) is 2.46. The Morgan fingerprint density at radius 3 is 3.00 bits per heavy atom. The molecule has 0 spiro atoms. The molecule has 16 heavy (non-hydrogen) atoms. The van der Waals surface area contributed by atoms with Crippen LogP contribution in [0.5, 0.6) is 0 Å². The van der Waals surface area contributed by atoms with Crippen LogP contribution in [0.3, 0.4) is 0 Å². The van der Waals surface area contributed by atoms with E-state index in [9.17, 15) is 8.78 Å². The second-order valence-corrected chi connectivity index (χ2v) is 3.70. The van der Waals surface area contributed by atoms with E-state index >= 15 is 0 Å². The van der Waals surface area contributed by atoms with E-state index in [2.05, 4.69) is 10.6 Å². The zero-order valence-electron chi connectivity index (χ0n) is 8.80. The molecule has 0 aromatic heterocycles. The van der Waals surface area contributed by atoms with Crippen molar-refractivity contribution in [2.24, 2.45) is 0 Å². The molecule has 1 heterocycles. The number of halogens is 2. The van der Waals surface area contributed by atoms with Crippen LogP contribution >= 0.6 is 0 Å². The van der Waals surface area contributed by atoms with Gasteiger partial charge in [-0.05, 0) is 12.1 Å². The minimum atomic E-state index is -0.580. The molecule has 1 aliphatic rings. The van der Waals surface area contributed by atoms with E-state index in [4.69, 9.17) is 4.74 Å². The zero-order chi connectivity index (χ0) is 11.4. The van der Waals surface area contributed by atoms with Gasteiger partial charge in [0.2, 0.25) is 0 Å². The molecule has 1 unspecified atom stereocenters. The largest absolute Gasteiger partial charge is 0.380 e. The van der Waals surface area contributed by atoms with Crippen LogP contribution in [0.1, 0.15) is 0 Å². The van der Waals surface area contributed by atoms with Gasteiger partial charge in [-0.1, -0.05) is 0 Å². The first-order valence-corrected chi connectivity index (χ1v) is 5.27. The molecule has 2 rings (SSSR count). The Morgan fingerprint density at radius 2 is 2.31 bits per heavy atom. The number of benzene rings is 1. The highest BCUT2D eigenvalue weighted by Gasteiger charge is 2.13. The molecule has 0 amide bonds. The third-order valence-corrected chi connectivity index (χ3v) is 2.46. The maximum absolute atomic E-state index is 13.2. The number of nitrogens with one attached hydrogen (secondary N) is 2. The van der Waals surface area contributed by atoms with Crippen molar-refractivity contribution in [1.29, 1.82) is 0 Å². The Kier molecular flexibility index (Phi) is 3.69. The minimum Gasteiger partial charge on any atom is -0.380 e. The first kappa shape index (κ1) is 11.3. The summed E-state index contributed by atoms with van der Waals surface area (Å²) in [5.74, 6) is -1.15. The summed E-state index contributed by atoms with van der Waals surface area (Å²) >= 11 is 0. The molecule has 5 heteroatoms. The maximum atomic E-state index is 13.2. The van der Waals surface area contributed by atoms with E-state index < -0.39 is 11.6 Å². The molecule has 0 bridgehead atoms. The van der Waals surface area contributed by atoms with Crippen LogP contribution < -0.4 is 10.6 Å². The van der Waals surface area contributed by atoms with Gasteiger partial charge in [-0.25, -0.2) is 8.78 Å². The van der Waals surface area contributed by atoms with Crippen molar-refractivity contribution in [1.82, 2.24) is 5.32 Å². The van der Waals surface area contributed by atoms with Gasteiger partial charge in [-0.2, -0.15) is 0 Å². The van der Waals surface area contributed by atoms with Crippen molar-refractivity contribution in [2.45, 2.75) is 6.10 Å². The lowest BCUT2D eigenvalue weighted by Crippen LogP contribution is -2.42. The van der Waals surface area contributed by atoms with Gasteiger partial charge in [-0.15, -0.1) is 0 Å². The van der Waals surface area contributed by atoms with Gasteiger partial charge in [0.05, 0.1) is 18.4 Å². The molecule has 2 N–H and O–H groups in total. The Hall–Kier alpha value is -1.20. The monoisotopic (exact) mass is 228 g/mol. The molecule has 1 aromatic carbocycles. The van der Waals surface area contributed by atoms with Crippen molar-refractivity contribution in [2.75, 3.05) is 31.6 Å². The smallest absolute Gasteiger partial charge is 0.149 e. The summed E-state index contributed by atoms with van der Waals surface area (Å²) in [6.07, 6.45) is 0.0261. The molecule has 0 saturated carbocycles. The van der Waals surface area contributed by atoms with Crippen LogP contribution in [-0.4, -0.2) is 32.3 Å². The van der Waals surface area contributed by atoms with Crippen LogP contribution in [0.15, 0.2) is 18.2 Å². The number of anilines is 1. The number of hydrogen-bond donors (Lipinski definition) is 2. The Bertz CT molecular complexity index is 354. The van der Waals surface area contributed by atoms with Gasteiger partial charge in [0.25, 0.3) is 0 Å². The SMILES string of the molecule is Fc1ccc(NCC2CNCCO2)c(F)c1.